The predicted octanol–water partition coefficient (Wildman–Crippen LogP) is 1.31. The molecular weight excluding hydrogens is 320 g/mol. The first-order valence-electron chi connectivity index (χ1n) is 7.02. The van der Waals surface area contributed by atoms with Crippen LogP contribution < -0.4 is 4.72 Å². The molecule has 1 aromatic rings. The first-order chi connectivity index (χ1) is 10.4. The number of carbonyl (C=O) groups excluding carboxylic acids is 1. The molecule has 2 N–H and O–H groups in total. The van der Waals surface area contributed by atoms with Crippen molar-refractivity contribution in [3.05, 3.63) is 29.8 Å². The Morgan fingerprint density at radius 3 is 2.39 bits per heavy atom. The van der Waals surface area contributed by atoms with Crippen molar-refractivity contribution < 1.29 is 23.1 Å². The fourth-order valence-electron chi connectivity index (χ4n) is 1.95. The van der Waals surface area contributed by atoms with Crippen LogP contribution in [0.1, 0.15) is 37.0 Å². The fraction of sp³-hybridized carbons (Fsp3) is 0.467. The molecule has 0 saturated heterocycles. The van der Waals surface area contributed by atoms with Crippen molar-refractivity contribution in [1.29, 1.82) is 0 Å². The Labute approximate surface area is 136 Å². The number of sulfonamides is 1. The number of hydrogen-bond acceptors (Lipinski definition) is 4. The van der Waals surface area contributed by atoms with Crippen molar-refractivity contribution in [2.75, 3.05) is 14.1 Å². The van der Waals surface area contributed by atoms with Crippen molar-refractivity contribution in [3.8, 4) is 0 Å². The average Bonchev–Trinajstić information content (AvgIpc) is 2.43. The molecule has 1 aromatic carbocycles. The van der Waals surface area contributed by atoms with E-state index in [1.165, 1.54) is 29.2 Å². The van der Waals surface area contributed by atoms with Gasteiger partial charge in [-0.15, -0.1) is 0 Å². The van der Waals surface area contributed by atoms with E-state index in [1.807, 2.05) is 0 Å². The largest absolute Gasteiger partial charge is 0.481 e. The number of carboxylic acids is 1. The number of hydrogen-bond donors (Lipinski definition) is 2. The minimum absolute atomic E-state index is 0.0337. The van der Waals surface area contributed by atoms with Gasteiger partial charge in [-0.1, -0.05) is 6.07 Å². The van der Waals surface area contributed by atoms with E-state index in [1.54, 1.807) is 27.9 Å². The summed E-state index contributed by atoms with van der Waals surface area (Å²) in [5.74, 6) is -1.29. The zero-order valence-corrected chi connectivity index (χ0v) is 14.5. The van der Waals surface area contributed by atoms with Gasteiger partial charge in [0.25, 0.3) is 5.91 Å². The van der Waals surface area contributed by atoms with Gasteiger partial charge >= 0.3 is 5.97 Å². The SMILES string of the molecule is CN(C)C(=O)c1cccc(S(=O)(=O)NC(C)(C)CCC(=O)O)c1. The van der Waals surface area contributed by atoms with Gasteiger partial charge in [0.15, 0.2) is 0 Å². The Bertz CT molecular complexity index is 696. The smallest absolute Gasteiger partial charge is 0.303 e. The summed E-state index contributed by atoms with van der Waals surface area (Å²) >= 11 is 0. The van der Waals surface area contributed by atoms with Crippen molar-refractivity contribution in [1.82, 2.24) is 9.62 Å². The van der Waals surface area contributed by atoms with Gasteiger partial charge < -0.3 is 10.0 Å². The summed E-state index contributed by atoms with van der Waals surface area (Å²) in [7, 11) is -0.701. The van der Waals surface area contributed by atoms with E-state index in [4.69, 9.17) is 5.11 Å². The lowest BCUT2D eigenvalue weighted by molar-refractivity contribution is -0.137. The highest BCUT2D eigenvalue weighted by atomic mass is 32.2. The van der Waals surface area contributed by atoms with E-state index in [0.29, 0.717) is 0 Å². The first-order valence-corrected chi connectivity index (χ1v) is 8.50. The third-order valence-corrected chi connectivity index (χ3v) is 4.87. The van der Waals surface area contributed by atoms with Crippen LogP contribution in [0.25, 0.3) is 0 Å². The number of carboxylic acid groups (broad SMARTS) is 1. The number of benzene rings is 1. The number of rotatable bonds is 7. The second-order valence-corrected chi connectivity index (χ2v) is 7.79. The molecule has 0 spiro atoms. The molecular formula is C15H22N2O5S. The molecule has 0 aliphatic carbocycles. The minimum Gasteiger partial charge on any atom is -0.481 e. The lowest BCUT2D eigenvalue weighted by Gasteiger charge is -2.25. The molecule has 8 heteroatoms. The normalized spacial score (nSPS) is 12.0. The van der Waals surface area contributed by atoms with Crippen molar-refractivity contribution in [2.24, 2.45) is 0 Å². The second-order valence-electron chi connectivity index (χ2n) is 6.11. The quantitative estimate of drug-likeness (QED) is 0.777. The summed E-state index contributed by atoms with van der Waals surface area (Å²) in [6, 6.07) is 5.73. The van der Waals surface area contributed by atoms with Crippen molar-refractivity contribution in [3.63, 3.8) is 0 Å². The van der Waals surface area contributed by atoms with E-state index < -0.39 is 21.5 Å². The van der Waals surface area contributed by atoms with Gasteiger partial charge in [0.1, 0.15) is 0 Å². The van der Waals surface area contributed by atoms with E-state index in [-0.39, 0.29) is 29.2 Å². The zero-order valence-electron chi connectivity index (χ0n) is 13.7. The molecule has 23 heavy (non-hydrogen) atoms. The molecule has 0 fully saturated rings. The highest BCUT2D eigenvalue weighted by Crippen LogP contribution is 2.18. The monoisotopic (exact) mass is 342 g/mol. The van der Waals surface area contributed by atoms with E-state index >= 15 is 0 Å². The Morgan fingerprint density at radius 1 is 1.26 bits per heavy atom. The molecule has 128 valence electrons. The highest BCUT2D eigenvalue weighted by molar-refractivity contribution is 7.89. The number of nitrogens with zero attached hydrogens (tertiary/aromatic N) is 1. The molecule has 0 heterocycles. The average molecular weight is 342 g/mol. The maximum Gasteiger partial charge on any atom is 0.303 e. The summed E-state index contributed by atoms with van der Waals surface area (Å²) in [5.41, 5.74) is -0.653. The summed E-state index contributed by atoms with van der Waals surface area (Å²) in [6.07, 6.45) is 0.00651. The fourth-order valence-corrected chi connectivity index (χ4v) is 3.43. The van der Waals surface area contributed by atoms with E-state index in [9.17, 15) is 18.0 Å². The molecule has 0 radical (unpaired) electrons. The van der Waals surface area contributed by atoms with Crippen LogP contribution in [0.5, 0.6) is 0 Å². The maximum atomic E-state index is 12.5. The van der Waals surface area contributed by atoms with Gasteiger partial charge in [0.05, 0.1) is 4.90 Å². The molecule has 0 aliphatic rings. The number of carbonyl (C=O) groups is 2. The van der Waals surface area contributed by atoms with Crippen molar-refractivity contribution in [2.45, 2.75) is 37.1 Å². The topological polar surface area (TPSA) is 104 Å². The van der Waals surface area contributed by atoms with E-state index in [2.05, 4.69) is 4.72 Å². The molecule has 0 aliphatic heterocycles. The Hall–Kier alpha value is -1.93. The number of amides is 1. The Balaban J connectivity index is 3.03. The Kier molecular flexibility index (Phi) is 5.90. The molecule has 0 aromatic heterocycles. The molecule has 1 rings (SSSR count). The van der Waals surface area contributed by atoms with Crippen LogP contribution in [-0.2, 0) is 14.8 Å². The summed E-state index contributed by atoms with van der Waals surface area (Å²) in [6.45, 7) is 3.23. The molecule has 0 saturated carbocycles. The predicted molar refractivity (Wildman–Crippen MR) is 85.7 cm³/mol. The van der Waals surface area contributed by atoms with Gasteiger partial charge in [-0.3, -0.25) is 9.59 Å². The summed E-state index contributed by atoms with van der Waals surface area (Å²) in [4.78, 5) is 23.9. The molecule has 0 bridgehead atoms. The number of nitrogens with one attached hydrogen (secondary N) is 1. The summed E-state index contributed by atoms with van der Waals surface area (Å²) in [5, 5.41) is 8.72. The lowest BCUT2D eigenvalue weighted by atomic mass is 10.0. The van der Waals surface area contributed by atoms with Gasteiger partial charge in [0.2, 0.25) is 10.0 Å². The third kappa shape index (κ3) is 5.65. The van der Waals surface area contributed by atoms with Crippen LogP contribution in [0, 0.1) is 0 Å². The van der Waals surface area contributed by atoms with Gasteiger partial charge in [-0.05, 0) is 38.5 Å². The van der Waals surface area contributed by atoms with Crippen LogP contribution in [-0.4, -0.2) is 49.9 Å². The Morgan fingerprint density at radius 2 is 1.87 bits per heavy atom. The molecule has 1 amide bonds. The molecule has 0 unspecified atom stereocenters. The first kappa shape index (κ1) is 19.1. The lowest BCUT2D eigenvalue weighted by Crippen LogP contribution is -2.43. The van der Waals surface area contributed by atoms with Crippen LogP contribution in [0.3, 0.4) is 0 Å². The molecule has 0 atom stereocenters. The minimum atomic E-state index is -3.86. The van der Waals surface area contributed by atoms with Gasteiger partial charge in [0, 0.05) is 31.6 Å². The van der Waals surface area contributed by atoms with Gasteiger partial charge in [-0.2, -0.15) is 0 Å². The van der Waals surface area contributed by atoms with Crippen LogP contribution >= 0.6 is 0 Å². The van der Waals surface area contributed by atoms with Crippen molar-refractivity contribution >= 4 is 21.9 Å². The number of aliphatic carboxylic acids is 1. The van der Waals surface area contributed by atoms with E-state index in [0.717, 1.165) is 0 Å². The highest BCUT2D eigenvalue weighted by Gasteiger charge is 2.27. The second kappa shape index (κ2) is 7.10. The standard InChI is InChI=1S/C15H22N2O5S/c1-15(2,9-8-13(18)19)16-23(21,22)12-7-5-6-11(10-12)14(20)17(3)4/h5-7,10,16H,8-9H2,1-4H3,(H,18,19). The van der Waals surface area contributed by atoms with Gasteiger partial charge in [-0.25, -0.2) is 13.1 Å². The maximum absolute atomic E-state index is 12.5. The molecule has 7 nitrogen and oxygen atoms in total. The third-order valence-electron chi connectivity index (χ3n) is 3.17. The zero-order chi connectivity index (χ0) is 17.8. The van der Waals surface area contributed by atoms with Crippen LogP contribution in [0.4, 0.5) is 0 Å². The van der Waals surface area contributed by atoms with Crippen LogP contribution in [0.2, 0.25) is 0 Å². The van der Waals surface area contributed by atoms with Crippen LogP contribution in [0.15, 0.2) is 29.2 Å². The summed E-state index contributed by atoms with van der Waals surface area (Å²) < 4.78 is 27.4.